The molecule has 0 spiro atoms. The first-order valence-corrected chi connectivity index (χ1v) is 7.38. The molecule has 7 nitrogen and oxygen atoms in total. The molecule has 2 fully saturated rings. The Morgan fingerprint density at radius 1 is 1.43 bits per heavy atom. The van der Waals surface area contributed by atoms with E-state index in [1.165, 1.54) is 0 Å². The summed E-state index contributed by atoms with van der Waals surface area (Å²) >= 11 is 0. The van der Waals surface area contributed by atoms with E-state index in [0.717, 1.165) is 24.4 Å². The maximum atomic E-state index is 12.3. The molecule has 2 saturated heterocycles. The molecular weight excluding hydrogens is 270 g/mol. The third-order valence-corrected chi connectivity index (χ3v) is 4.18. The molecule has 0 aliphatic carbocycles. The second-order valence-corrected chi connectivity index (χ2v) is 5.81. The number of likely N-dealkylation sites (tertiary alicyclic amines) is 1. The Morgan fingerprint density at radius 3 is 2.86 bits per heavy atom. The lowest BCUT2D eigenvalue weighted by atomic mass is 10.2. The maximum Gasteiger partial charge on any atom is 0.317 e. The number of nitrogens with zero attached hydrogens (tertiary/aromatic N) is 4. The van der Waals surface area contributed by atoms with Crippen LogP contribution in [0.4, 0.5) is 4.79 Å². The van der Waals surface area contributed by atoms with E-state index in [0.29, 0.717) is 19.6 Å². The number of aryl methyl sites for hydroxylation is 2. The van der Waals surface area contributed by atoms with Crippen molar-refractivity contribution in [3.05, 3.63) is 17.5 Å². The molecule has 1 N–H and O–H groups in total. The highest BCUT2D eigenvalue weighted by molar-refractivity contribution is 5.85. The van der Waals surface area contributed by atoms with Gasteiger partial charge >= 0.3 is 6.03 Å². The minimum atomic E-state index is -0.141. The quantitative estimate of drug-likeness (QED) is 0.870. The van der Waals surface area contributed by atoms with Crippen LogP contribution in [0.25, 0.3) is 0 Å². The minimum Gasteiger partial charge on any atom is -0.339 e. The van der Waals surface area contributed by atoms with Crippen LogP contribution in [0, 0.1) is 13.8 Å². The highest BCUT2D eigenvalue weighted by Crippen LogP contribution is 2.23. The van der Waals surface area contributed by atoms with Gasteiger partial charge in [-0.1, -0.05) is 0 Å². The lowest BCUT2D eigenvalue weighted by Gasteiger charge is -2.20. The van der Waals surface area contributed by atoms with Gasteiger partial charge in [-0.15, -0.1) is 0 Å². The third-order valence-electron chi connectivity index (χ3n) is 4.18. The Hall–Kier alpha value is -2.05. The number of nitrogens with one attached hydrogen (secondary N) is 1. The van der Waals surface area contributed by atoms with Crippen molar-refractivity contribution < 1.29 is 9.59 Å². The fourth-order valence-electron chi connectivity index (χ4n) is 3.11. The zero-order valence-electron chi connectivity index (χ0n) is 12.5. The number of hydrogen-bond donors (Lipinski definition) is 1. The molecule has 0 radical (unpaired) electrons. The monoisotopic (exact) mass is 291 g/mol. The van der Waals surface area contributed by atoms with E-state index < -0.39 is 0 Å². The Balaban J connectivity index is 1.60. The van der Waals surface area contributed by atoms with Crippen molar-refractivity contribution in [1.82, 2.24) is 24.9 Å². The second-order valence-electron chi connectivity index (χ2n) is 5.81. The van der Waals surface area contributed by atoms with Crippen LogP contribution in [0.5, 0.6) is 0 Å². The summed E-state index contributed by atoms with van der Waals surface area (Å²) in [4.78, 5) is 27.2. The molecule has 7 heteroatoms. The van der Waals surface area contributed by atoms with E-state index >= 15 is 0 Å². The number of amides is 3. The summed E-state index contributed by atoms with van der Waals surface area (Å²) in [7, 11) is 0. The number of carbonyl (C=O) groups is 2. The van der Waals surface area contributed by atoms with Crippen LogP contribution in [-0.4, -0.2) is 64.2 Å². The van der Waals surface area contributed by atoms with Gasteiger partial charge in [0.2, 0.25) is 5.91 Å². The van der Waals surface area contributed by atoms with E-state index in [1.807, 2.05) is 23.4 Å². The van der Waals surface area contributed by atoms with Gasteiger partial charge in [0.1, 0.15) is 6.54 Å². The molecule has 0 aromatic carbocycles. The molecule has 114 valence electrons. The predicted molar refractivity (Wildman–Crippen MR) is 76.9 cm³/mol. The summed E-state index contributed by atoms with van der Waals surface area (Å²) in [5.74, 6) is 0.0241. The lowest BCUT2D eigenvalue weighted by Crippen LogP contribution is -2.40. The SMILES string of the molecule is Cc1cc(C)n([C@H]2CCN(C(=O)CN3CCNC3=O)C2)n1. The maximum absolute atomic E-state index is 12.3. The topological polar surface area (TPSA) is 70.5 Å². The molecule has 2 aliphatic rings. The summed E-state index contributed by atoms with van der Waals surface area (Å²) in [5.41, 5.74) is 2.14. The van der Waals surface area contributed by atoms with E-state index in [4.69, 9.17) is 0 Å². The first-order valence-electron chi connectivity index (χ1n) is 7.38. The Bertz CT molecular complexity index is 568. The Kier molecular flexibility index (Phi) is 3.57. The number of rotatable bonds is 3. The van der Waals surface area contributed by atoms with Gasteiger partial charge in [0.05, 0.1) is 11.7 Å². The van der Waals surface area contributed by atoms with E-state index in [1.54, 1.807) is 4.90 Å². The molecule has 21 heavy (non-hydrogen) atoms. The van der Waals surface area contributed by atoms with Crippen molar-refractivity contribution in [2.24, 2.45) is 0 Å². The summed E-state index contributed by atoms with van der Waals surface area (Å²) in [5, 5.41) is 7.22. The molecule has 2 aliphatic heterocycles. The van der Waals surface area contributed by atoms with Crippen molar-refractivity contribution in [3.63, 3.8) is 0 Å². The summed E-state index contributed by atoms with van der Waals surface area (Å²) in [6.45, 7) is 6.84. The molecule has 0 saturated carbocycles. The van der Waals surface area contributed by atoms with E-state index in [2.05, 4.69) is 16.5 Å². The fourth-order valence-corrected chi connectivity index (χ4v) is 3.11. The molecule has 3 amide bonds. The molecule has 0 unspecified atom stereocenters. The normalized spacial score (nSPS) is 22.0. The Morgan fingerprint density at radius 2 is 2.24 bits per heavy atom. The van der Waals surface area contributed by atoms with Crippen molar-refractivity contribution in [3.8, 4) is 0 Å². The molecule has 1 aromatic heterocycles. The lowest BCUT2D eigenvalue weighted by molar-refractivity contribution is -0.130. The highest BCUT2D eigenvalue weighted by atomic mass is 16.2. The van der Waals surface area contributed by atoms with Gasteiger partial charge in [0.15, 0.2) is 0 Å². The molecule has 3 rings (SSSR count). The van der Waals surface area contributed by atoms with Gasteiger partial charge in [-0.05, 0) is 26.3 Å². The van der Waals surface area contributed by atoms with Gasteiger partial charge in [-0.2, -0.15) is 5.10 Å². The van der Waals surface area contributed by atoms with Crippen LogP contribution >= 0.6 is 0 Å². The molecular formula is C14H21N5O2. The Labute approximate surface area is 123 Å². The smallest absolute Gasteiger partial charge is 0.317 e. The van der Waals surface area contributed by atoms with Crippen LogP contribution in [0.15, 0.2) is 6.07 Å². The number of carbonyl (C=O) groups excluding carboxylic acids is 2. The largest absolute Gasteiger partial charge is 0.339 e. The number of hydrogen-bond acceptors (Lipinski definition) is 3. The zero-order valence-corrected chi connectivity index (χ0v) is 12.5. The van der Waals surface area contributed by atoms with Crippen LogP contribution < -0.4 is 5.32 Å². The van der Waals surface area contributed by atoms with Crippen LogP contribution in [0.2, 0.25) is 0 Å². The van der Waals surface area contributed by atoms with Gasteiger partial charge < -0.3 is 15.1 Å². The molecule has 0 bridgehead atoms. The van der Waals surface area contributed by atoms with E-state index in [9.17, 15) is 9.59 Å². The first kappa shape index (κ1) is 13.9. The van der Waals surface area contributed by atoms with Crippen molar-refractivity contribution in [1.29, 1.82) is 0 Å². The summed E-state index contributed by atoms with van der Waals surface area (Å²) < 4.78 is 2.02. The average molecular weight is 291 g/mol. The molecule has 1 atom stereocenters. The van der Waals surface area contributed by atoms with Crippen LogP contribution in [-0.2, 0) is 4.79 Å². The standard InChI is InChI=1S/C14H21N5O2/c1-10-7-11(2)19(16-10)12-3-5-17(8-12)13(20)9-18-6-4-15-14(18)21/h7,12H,3-6,8-9H2,1-2H3,(H,15,21)/t12-/m0/s1. The van der Waals surface area contributed by atoms with Gasteiger partial charge in [-0.3, -0.25) is 9.48 Å². The predicted octanol–water partition coefficient (Wildman–Crippen LogP) is 0.299. The minimum absolute atomic E-state index is 0.0241. The summed E-state index contributed by atoms with van der Waals surface area (Å²) in [6, 6.07) is 2.16. The van der Waals surface area contributed by atoms with Gasteiger partial charge in [-0.25, -0.2) is 4.79 Å². The summed E-state index contributed by atoms with van der Waals surface area (Å²) in [6.07, 6.45) is 0.917. The van der Waals surface area contributed by atoms with E-state index in [-0.39, 0.29) is 24.5 Å². The number of urea groups is 1. The molecule has 1 aromatic rings. The van der Waals surface area contributed by atoms with Crippen molar-refractivity contribution in [2.75, 3.05) is 32.7 Å². The van der Waals surface area contributed by atoms with Gasteiger partial charge in [0.25, 0.3) is 0 Å². The zero-order chi connectivity index (χ0) is 15.0. The van der Waals surface area contributed by atoms with Crippen LogP contribution in [0.1, 0.15) is 23.9 Å². The first-order chi connectivity index (χ1) is 10.0. The van der Waals surface area contributed by atoms with Gasteiger partial charge in [0, 0.05) is 31.9 Å². The molecule has 3 heterocycles. The average Bonchev–Trinajstić information content (AvgIpc) is 3.12. The second kappa shape index (κ2) is 5.38. The highest BCUT2D eigenvalue weighted by Gasteiger charge is 2.31. The number of aromatic nitrogens is 2. The van der Waals surface area contributed by atoms with Crippen molar-refractivity contribution in [2.45, 2.75) is 26.3 Å². The fraction of sp³-hybridized carbons (Fsp3) is 0.643. The van der Waals surface area contributed by atoms with Crippen LogP contribution in [0.3, 0.4) is 0 Å². The third kappa shape index (κ3) is 2.72. The van der Waals surface area contributed by atoms with Crippen molar-refractivity contribution >= 4 is 11.9 Å².